The van der Waals surface area contributed by atoms with Gasteiger partial charge in [-0.25, -0.2) is 9.78 Å². The van der Waals surface area contributed by atoms with E-state index in [9.17, 15) is 9.59 Å². The molecule has 1 atom stereocenters. The van der Waals surface area contributed by atoms with Gasteiger partial charge >= 0.3 is 5.97 Å². The first-order valence-electron chi connectivity index (χ1n) is 8.48. The van der Waals surface area contributed by atoms with E-state index in [2.05, 4.69) is 10.3 Å². The van der Waals surface area contributed by atoms with Gasteiger partial charge in [-0.3, -0.25) is 4.79 Å². The number of nitrogens with zero attached hydrogens (tertiary/aromatic N) is 1. The summed E-state index contributed by atoms with van der Waals surface area (Å²) in [4.78, 5) is 28.8. The molecule has 0 saturated carbocycles. The monoisotopic (exact) mass is 375 g/mol. The minimum atomic E-state index is -0.527. The van der Waals surface area contributed by atoms with Gasteiger partial charge in [0.2, 0.25) is 5.91 Å². The third-order valence-electron chi connectivity index (χ3n) is 3.71. The molecule has 3 N–H and O–H groups in total. The second kappa shape index (κ2) is 8.31. The van der Waals surface area contributed by atoms with Crippen LogP contribution in [0.5, 0.6) is 0 Å². The molecular weight excluding hydrogens is 350 g/mol. The van der Waals surface area contributed by atoms with Crippen molar-refractivity contribution < 1.29 is 14.3 Å². The maximum atomic E-state index is 12.5. The average molecular weight is 375 g/mol. The Morgan fingerprint density at radius 3 is 2.50 bits per heavy atom. The predicted molar refractivity (Wildman–Crippen MR) is 103 cm³/mol. The number of hydrogen-bond donors (Lipinski definition) is 2. The van der Waals surface area contributed by atoms with Crippen molar-refractivity contribution in [2.24, 2.45) is 5.41 Å². The molecule has 2 rings (SSSR count). The number of aromatic nitrogens is 1. The van der Waals surface area contributed by atoms with E-state index in [0.29, 0.717) is 23.7 Å². The van der Waals surface area contributed by atoms with E-state index in [1.54, 1.807) is 12.3 Å². The third-order valence-corrected chi connectivity index (χ3v) is 4.67. The number of esters is 1. The number of hydrogen-bond acceptors (Lipinski definition) is 6. The molecule has 0 aliphatic heterocycles. The summed E-state index contributed by atoms with van der Waals surface area (Å²) in [5, 5.41) is 5.37. The minimum Gasteiger partial charge on any atom is -0.461 e. The van der Waals surface area contributed by atoms with Crippen LogP contribution in [0.4, 0.5) is 5.69 Å². The van der Waals surface area contributed by atoms with Crippen molar-refractivity contribution in [2.75, 3.05) is 12.3 Å². The quantitative estimate of drug-likeness (QED) is 0.596. The first-order chi connectivity index (χ1) is 12.2. The normalized spacial score (nSPS) is 12.5. The molecule has 2 aromatic rings. The van der Waals surface area contributed by atoms with Gasteiger partial charge in [0.1, 0.15) is 5.01 Å². The Balaban J connectivity index is 2.26. The van der Waals surface area contributed by atoms with Gasteiger partial charge in [-0.1, -0.05) is 32.9 Å². The maximum absolute atomic E-state index is 12.5. The number of carbonyl (C=O) groups excluding carboxylic acids is 2. The Morgan fingerprint density at radius 2 is 1.92 bits per heavy atom. The van der Waals surface area contributed by atoms with E-state index in [0.717, 1.165) is 5.56 Å². The molecule has 1 amide bonds. The number of benzene rings is 1. The van der Waals surface area contributed by atoms with Gasteiger partial charge in [0.15, 0.2) is 5.69 Å². The fourth-order valence-corrected chi connectivity index (χ4v) is 3.05. The maximum Gasteiger partial charge on any atom is 0.357 e. The first kappa shape index (κ1) is 19.9. The number of amides is 1. The van der Waals surface area contributed by atoms with E-state index in [1.165, 1.54) is 11.3 Å². The molecule has 1 aromatic heterocycles. The van der Waals surface area contributed by atoms with Crippen LogP contribution < -0.4 is 11.1 Å². The summed E-state index contributed by atoms with van der Waals surface area (Å²) in [5.74, 6) is -0.533. The zero-order valence-electron chi connectivity index (χ0n) is 15.5. The van der Waals surface area contributed by atoms with Crippen molar-refractivity contribution in [1.29, 1.82) is 0 Å². The van der Waals surface area contributed by atoms with Crippen LogP contribution in [0, 0.1) is 5.41 Å². The second-order valence-corrected chi connectivity index (χ2v) is 7.90. The molecule has 0 fully saturated rings. The van der Waals surface area contributed by atoms with Crippen molar-refractivity contribution in [3.8, 4) is 0 Å². The van der Waals surface area contributed by atoms with E-state index in [1.807, 2.05) is 45.0 Å². The summed E-state index contributed by atoms with van der Waals surface area (Å²) >= 11 is 1.34. The SMILES string of the molecule is CCOC(=O)c1csc([C@H](Cc2ccc(N)cc2)NC(=O)C(C)(C)C)n1. The zero-order chi connectivity index (χ0) is 19.3. The summed E-state index contributed by atoms with van der Waals surface area (Å²) in [6, 6.07) is 7.16. The standard InChI is InChI=1S/C19H25N3O3S/c1-5-25-17(23)15-11-26-16(21-15)14(22-18(24)19(2,3)4)10-12-6-8-13(20)9-7-12/h6-9,11,14H,5,10,20H2,1-4H3,(H,22,24)/t14-/m0/s1. The van der Waals surface area contributed by atoms with E-state index in [-0.39, 0.29) is 17.6 Å². The summed E-state index contributed by atoms with van der Waals surface area (Å²) < 4.78 is 4.99. The van der Waals surface area contributed by atoms with Gasteiger partial charge in [0.05, 0.1) is 12.6 Å². The molecule has 7 heteroatoms. The smallest absolute Gasteiger partial charge is 0.357 e. The van der Waals surface area contributed by atoms with Crippen LogP contribution in [0.25, 0.3) is 0 Å². The van der Waals surface area contributed by atoms with Gasteiger partial charge in [-0.05, 0) is 31.0 Å². The Bertz CT molecular complexity index is 763. The summed E-state index contributed by atoms with van der Waals surface area (Å²) in [6.07, 6.45) is 0.553. The van der Waals surface area contributed by atoms with Crippen molar-refractivity contribution in [3.05, 3.63) is 45.9 Å². The molecule has 0 spiro atoms. The van der Waals surface area contributed by atoms with E-state index in [4.69, 9.17) is 10.5 Å². The number of carbonyl (C=O) groups is 2. The number of rotatable bonds is 6. The molecule has 26 heavy (non-hydrogen) atoms. The molecule has 0 radical (unpaired) electrons. The largest absolute Gasteiger partial charge is 0.461 e. The molecule has 1 heterocycles. The van der Waals surface area contributed by atoms with Crippen LogP contribution >= 0.6 is 11.3 Å². The molecule has 0 aliphatic rings. The lowest BCUT2D eigenvalue weighted by atomic mass is 9.94. The van der Waals surface area contributed by atoms with Crippen LogP contribution in [0.1, 0.15) is 54.8 Å². The second-order valence-electron chi connectivity index (χ2n) is 7.01. The third kappa shape index (κ3) is 5.29. The van der Waals surface area contributed by atoms with Crippen molar-refractivity contribution >= 4 is 28.9 Å². The lowest BCUT2D eigenvalue weighted by molar-refractivity contribution is -0.129. The fourth-order valence-electron chi connectivity index (χ4n) is 2.21. The Labute approximate surface area is 157 Å². The number of nitrogens with two attached hydrogens (primary N) is 1. The number of nitrogen functional groups attached to an aromatic ring is 1. The van der Waals surface area contributed by atoms with Gasteiger partial charge in [-0.2, -0.15) is 0 Å². The number of ether oxygens (including phenoxy) is 1. The number of anilines is 1. The Kier molecular flexibility index (Phi) is 6.37. The van der Waals surface area contributed by atoms with Gasteiger partial charge in [-0.15, -0.1) is 11.3 Å². The molecule has 140 valence electrons. The van der Waals surface area contributed by atoms with Crippen LogP contribution in [0.15, 0.2) is 29.6 Å². The summed E-state index contributed by atoms with van der Waals surface area (Å²) in [7, 11) is 0. The van der Waals surface area contributed by atoms with E-state index < -0.39 is 11.4 Å². The average Bonchev–Trinajstić information content (AvgIpc) is 3.05. The molecule has 6 nitrogen and oxygen atoms in total. The fraction of sp³-hybridized carbons (Fsp3) is 0.421. The lowest BCUT2D eigenvalue weighted by Gasteiger charge is -2.23. The zero-order valence-corrected chi connectivity index (χ0v) is 16.4. The molecule has 0 bridgehead atoms. The highest BCUT2D eigenvalue weighted by Crippen LogP contribution is 2.25. The molecule has 0 aliphatic carbocycles. The van der Waals surface area contributed by atoms with Crippen molar-refractivity contribution in [3.63, 3.8) is 0 Å². The van der Waals surface area contributed by atoms with Gasteiger partial charge in [0, 0.05) is 16.5 Å². The highest BCUT2D eigenvalue weighted by molar-refractivity contribution is 7.09. The highest BCUT2D eigenvalue weighted by Gasteiger charge is 2.27. The number of thiazole rings is 1. The van der Waals surface area contributed by atoms with Crippen LogP contribution in [0.3, 0.4) is 0 Å². The lowest BCUT2D eigenvalue weighted by Crippen LogP contribution is -2.38. The van der Waals surface area contributed by atoms with Crippen molar-refractivity contribution in [2.45, 2.75) is 40.2 Å². The summed E-state index contributed by atoms with van der Waals surface area (Å²) in [5.41, 5.74) is 7.18. The molecule has 0 unspecified atom stereocenters. The first-order valence-corrected chi connectivity index (χ1v) is 9.36. The molecule has 0 saturated heterocycles. The summed E-state index contributed by atoms with van der Waals surface area (Å²) in [6.45, 7) is 7.61. The van der Waals surface area contributed by atoms with Gasteiger partial charge in [0.25, 0.3) is 0 Å². The highest BCUT2D eigenvalue weighted by atomic mass is 32.1. The van der Waals surface area contributed by atoms with Gasteiger partial charge < -0.3 is 15.8 Å². The number of nitrogens with one attached hydrogen (secondary N) is 1. The van der Waals surface area contributed by atoms with Crippen LogP contribution in [0.2, 0.25) is 0 Å². The predicted octanol–water partition coefficient (Wildman–Crippen LogP) is 3.35. The minimum absolute atomic E-state index is 0.0779. The Hall–Kier alpha value is -2.41. The Morgan fingerprint density at radius 1 is 1.27 bits per heavy atom. The van der Waals surface area contributed by atoms with E-state index >= 15 is 0 Å². The molecule has 1 aromatic carbocycles. The van der Waals surface area contributed by atoms with Crippen molar-refractivity contribution in [1.82, 2.24) is 10.3 Å². The topological polar surface area (TPSA) is 94.3 Å². The molecular formula is C19H25N3O3S. The van der Waals surface area contributed by atoms with Crippen LogP contribution in [-0.2, 0) is 16.0 Å². The van der Waals surface area contributed by atoms with Crippen LogP contribution in [-0.4, -0.2) is 23.5 Å².